The van der Waals surface area contributed by atoms with E-state index < -0.39 is 70.6 Å². The highest BCUT2D eigenvalue weighted by Crippen LogP contribution is 2.34. The van der Waals surface area contributed by atoms with Crippen molar-refractivity contribution in [2.75, 3.05) is 6.61 Å². The molecule has 13 heteroatoms. The number of hydrogen-bond acceptors (Lipinski definition) is 4. The summed E-state index contributed by atoms with van der Waals surface area (Å²) in [5, 5.41) is 3.64. The van der Waals surface area contributed by atoms with E-state index in [1.807, 2.05) is 4.98 Å². The lowest BCUT2D eigenvalue weighted by Gasteiger charge is -2.08. The molecular weight excluding hydrogens is 401 g/mol. The van der Waals surface area contributed by atoms with Gasteiger partial charge < -0.3 is 4.74 Å². The molecule has 0 aliphatic heterocycles. The molecule has 0 aliphatic rings. The number of hydrogen-bond donors (Lipinski definition) is 1. The van der Waals surface area contributed by atoms with Crippen molar-refractivity contribution in [3.63, 3.8) is 0 Å². The van der Waals surface area contributed by atoms with Gasteiger partial charge in [-0.05, 0) is 24.6 Å². The molecule has 1 atom stereocenters. The number of H-pyrrole nitrogens is 1. The summed E-state index contributed by atoms with van der Waals surface area (Å²) < 4.78 is 96.2. The Labute approximate surface area is 150 Å². The molecule has 1 unspecified atom stereocenters. The van der Waals surface area contributed by atoms with Crippen LogP contribution in [-0.4, -0.2) is 32.4 Å². The average molecular weight is 410 g/mol. The van der Waals surface area contributed by atoms with Crippen LogP contribution < -0.4 is 10.4 Å². The van der Waals surface area contributed by atoms with Crippen LogP contribution in [0.15, 0.2) is 16.9 Å². The summed E-state index contributed by atoms with van der Waals surface area (Å²) in [6, 6.07) is 0.151. The Hall–Kier alpha value is -3.12. The summed E-state index contributed by atoms with van der Waals surface area (Å²) in [6.45, 7) is -0.793. The summed E-state index contributed by atoms with van der Waals surface area (Å²) in [6.07, 6.45) is -6.61. The molecule has 1 aromatic carbocycles. The Balaban J connectivity index is 2.26. The maximum atomic E-state index is 14.0. The number of halogens is 7. The number of rotatable bonds is 4. The molecule has 1 N–H and O–H groups in total. The monoisotopic (exact) mass is 410 g/mol. The van der Waals surface area contributed by atoms with E-state index in [2.05, 4.69) is 14.8 Å². The lowest BCUT2D eigenvalue weighted by Crippen LogP contribution is -2.24. The molecule has 3 aromatic rings. The first kappa shape index (κ1) is 19.6. The molecule has 0 bridgehead atoms. The van der Waals surface area contributed by atoms with Gasteiger partial charge in [-0.25, -0.2) is 22.4 Å². The molecule has 28 heavy (non-hydrogen) atoms. The second-order valence-electron chi connectivity index (χ2n) is 5.62. The summed E-state index contributed by atoms with van der Waals surface area (Å²) >= 11 is 0. The lowest BCUT2D eigenvalue weighted by molar-refractivity contribution is -0.154. The third-order valence-electron chi connectivity index (χ3n) is 3.52. The second kappa shape index (κ2) is 6.80. The molecule has 2 heterocycles. The van der Waals surface area contributed by atoms with Gasteiger partial charge in [0.1, 0.15) is 11.9 Å². The van der Waals surface area contributed by atoms with E-state index >= 15 is 0 Å². The van der Waals surface area contributed by atoms with Crippen molar-refractivity contribution >= 4 is 5.65 Å². The average Bonchev–Trinajstić information content (AvgIpc) is 2.97. The van der Waals surface area contributed by atoms with Crippen molar-refractivity contribution < 1.29 is 35.5 Å². The van der Waals surface area contributed by atoms with Gasteiger partial charge in [0.2, 0.25) is 0 Å². The van der Waals surface area contributed by atoms with E-state index in [0.717, 1.165) is 6.92 Å². The van der Waals surface area contributed by atoms with Crippen LogP contribution in [-0.2, 0) is 0 Å². The number of ether oxygens (including phenoxy) is 1. The molecule has 0 radical (unpaired) electrons. The van der Waals surface area contributed by atoms with Gasteiger partial charge in [0, 0.05) is 0 Å². The Morgan fingerprint density at radius 3 is 2.36 bits per heavy atom. The highest BCUT2D eigenvalue weighted by atomic mass is 19.4. The zero-order chi connectivity index (χ0) is 20.8. The summed E-state index contributed by atoms with van der Waals surface area (Å²) in [7, 11) is 0. The van der Waals surface area contributed by atoms with E-state index in [1.54, 1.807) is 0 Å². The van der Waals surface area contributed by atoms with E-state index in [4.69, 9.17) is 0 Å². The fourth-order valence-corrected chi connectivity index (χ4v) is 2.41. The molecule has 0 amide bonds. The summed E-state index contributed by atoms with van der Waals surface area (Å²) in [5.41, 5.74) is -3.00. The maximum Gasteiger partial charge on any atom is 0.422 e. The first-order chi connectivity index (χ1) is 13.0. The van der Waals surface area contributed by atoms with Crippen molar-refractivity contribution in [2.24, 2.45) is 0 Å². The van der Waals surface area contributed by atoms with Gasteiger partial charge in [0.15, 0.2) is 29.7 Å². The van der Waals surface area contributed by atoms with Crippen molar-refractivity contribution in [3.8, 4) is 17.1 Å². The van der Waals surface area contributed by atoms with Crippen molar-refractivity contribution in [3.05, 3.63) is 45.8 Å². The quantitative estimate of drug-likeness (QED) is 0.528. The standard InChI is InChI=1S/C15H9F7N4O2/c1-5(16)11-9(6-2-7(17)10(19)8(18)3-6)12-23-13(28-4-15(20,21)22)24-14(27)26(12)25-11/h2-3,5H,4H2,1H3,(H,23,24,27). The smallest absolute Gasteiger partial charge is 0.422 e. The van der Waals surface area contributed by atoms with Crippen LogP contribution in [0.1, 0.15) is 18.8 Å². The lowest BCUT2D eigenvalue weighted by atomic mass is 10.0. The van der Waals surface area contributed by atoms with E-state index in [1.165, 1.54) is 0 Å². The van der Waals surface area contributed by atoms with Gasteiger partial charge in [0.25, 0.3) is 6.01 Å². The van der Waals surface area contributed by atoms with Crippen LogP contribution in [0.2, 0.25) is 0 Å². The number of alkyl halides is 4. The predicted molar refractivity (Wildman–Crippen MR) is 80.0 cm³/mol. The van der Waals surface area contributed by atoms with E-state index in [-0.39, 0.29) is 0 Å². The maximum absolute atomic E-state index is 14.0. The number of nitrogens with zero attached hydrogens (tertiary/aromatic N) is 3. The molecule has 150 valence electrons. The Bertz CT molecular complexity index is 1080. The van der Waals surface area contributed by atoms with E-state index in [0.29, 0.717) is 16.6 Å². The molecule has 0 spiro atoms. The second-order valence-corrected chi connectivity index (χ2v) is 5.62. The molecule has 0 saturated heterocycles. The number of benzene rings is 1. The Kier molecular flexibility index (Phi) is 4.77. The first-order valence-corrected chi connectivity index (χ1v) is 7.49. The first-order valence-electron chi connectivity index (χ1n) is 7.49. The normalized spacial score (nSPS) is 13.1. The van der Waals surface area contributed by atoms with Crippen LogP contribution in [0.3, 0.4) is 0 Å². The minimum absolute atomic E-state index is 0.407. The van der Waals surface area contributed by atoms with Gasteiger partial charge in [-0.1, -0.05) is 0 Å². The van der Waals surface area contributed by atoms with Crippen LogP contribution in [0.5, 0.6) is 6.01 Å². The van der Waals surface area contributed by atoms with E-state index in [9.17, 15) is 35.5 Å². The summed E-state index contributed by atoms with van der Waals surface area (Å²) in [5.74, 6) is -4.99. The molecule has 3 rings (SSSR count). The zero-order valence-electron chi connectivity index (χ0n) is 13.7. The number of aromatic nitrogens is 4. The highest BCUT2D eigenvalue weighted by molar-refractivity contribution is 5.80. The number of fused-ring (bicyclic) bond motifs is 1. The molecule has 0 fully saturated rings. The highest BCUT2D eigenvalue weighted by Gasteiger charge is 2.30. The number of aromatic amines is 1. The topological polar surface area (TPSA) is 72.3 Å². The fraction of sp³-hybridized carbons (Fsp3) is 0.267. The van der Waals surface area contributed by atoms with Crippen LogP contribution >= 0.6 is 0 Å². The van der Waals surface area contributed by atoms with Crippen molar-refractivity contribution in [1.29, 1.82) is 0 Å². The van der Waals surface area contributed by atoms with Gasteiger partial charge in [-0.3, -0.25) is 4.98 Å². The summed E-state index contributed by atoms with van der Waals surface area (Å²) in [4.78, 5) is 17.5. The van der Waals surface area contributed by atoms with Crippen molar-refractivity contribution in [2.45, 2.75) is 19.3 Å². The minimum atomic E-state index is -4.74. The molecule has 0 saturated carbocycles. The molecule has 6 nitrogen and oxygen atoms in total. The van der Waals surface area contributed by atoms with Gasteiger partial charge in [-0.2, -0.15) is 27.8 Å². The predicted octanol–water partition coefficient (Wildman–Crippen LogP) is 3.47. The Morgan fingerprint density at radius 1 is 1.21 bits per heavy atom. The Morgan fingerprint density at radius 2 is 1.82 bits per heavy atom. The zero-order valence-corrected chi connectivity index (χ0v) is 13.7. The van der Waals surface area contributed by atoms with Gasteiger partial charge in [-0.15, -0.1) is 0 Å². The fourth-order valence-electron chi connectivity index (χ4n) is 2.41. The molecule has 2 aromatic heterocycles. The van der Waals surface area contributed by atoms with Crippen molar-refractivity contribution in [1.82, 2.24) is 19.6 Å². The van der Waals surface area contributed by atoms with Crippen LogP contribution in [0.25, 0.3) is 16.8 Å². The largest absolute Gasteiger partial charge is 0.455 e. The van der Waals surface area contributed by atoms with Gasteiger partial charge >= 0.3 is 11.9 Å². The molecule has 0 aliphatic carbocycles. The molecular formula is C15H9F7N4O2. The van der Waals surface area contributed by atoms with Crippen LogP contribution in [0.4, 0.5) is 30.7 Å². The number of nitrogens with one attached hydrogen (secondary N) is 1. The van der Waals surface area contributed by atoms with Gasteiger partial charge in [0.05, 0.1) is 5.56 Å². The third-order valence-corrected chi connectivity index (χ3v) is 3.52. The third kappa shape index (κ3) is 3.64. The minimum Gasteiger partial charge on any atom is -0.455 e. The van der Waals surface area contributed by atoms with Crippen LogP contribution in [0, 0.1) is 17.5 Å². The SMILES string of the molecule is CC(F)c1nn2c(=O)[nH]c(OCC(F)(F)F)nc2c1-c1cc(F)c(F)c(F)c1.